The first kappa shape index (κ1) is 44.0. The van der Waals surface area contributed by atoms with Gasteiger partial charge in [0.15, 0.2) is 6.29 Å². The van der Waals surface area contributed by atoms with Gasteiger partial charge in [0.1, 0.15) is 34.5 Å². The number of carbonyl (C=O) groups is 1. The van der Waals surface area contributed by atoms with Crippen molar-refractivity contribution in [3.8, 4) is 23.0 Å². The summed E-state index contributed by atoms with van der Waals surface area (Å²) >= 11 is 0. The SMILES string of the molecule is C=CCOC12Oc3ccc(Oc4ccc(OC)c(C=O)c4)cc3C3C(CCCCO)C(CCCCO)C=C(C(=NOCC)CC1N(C)S(=O)(=O)c1cccc4cccnc14)C32. The smallest absolute Gasteiger partial charge is 0.245 e. The van der Waals surface area contributed by atoms with Gasteiger partial charge in [0.05, 0.1) is 42.5 Å². The Bertz CT molecular complexity index is 2380. The number of sulfonamides is 1. The van der Waals surface area contributed by atoms with Crippen LogP contribution in [0.25, 0.3) is 10.9 Å². The molecule has 0 spiro atoms. The van der Waals surface area contributed by atoms with Crippen LogP contribution in [0, 0.1) is 17.8 Å². The van der Waals surface area contributed by atoms with Crippen molar-refractivity contribution in [2.45, 2.75) is 74.5 Å². The second-order valence-corrected chi connectivity index (χ2v) is 17.6. The Hall–Kier alpha value is -5.12. The molecule has 14 heteroatoms. The number of ether oxygens (including phenoxy) is 4. The molecule has 1 saturated carbocycles. The zero-order chi connectivity index (χ0) is 43.1. The molecular weight excluding hydrogens is 799 g/mol. The largest absolute Gasteiger partial charge is 0.496 e. The van der Waals surface area contributed by atoms with Crippen LogP contribution in [0.15, 0.2) is 107 Å². The number of aromatic nitrogens is 1. The fourth-order valence-electron chi connectivity index (χ4n) is 9.52. The van der Waals surface area contributed by atoms with Crippen molar-refractivity contribution in [3.63, 3.8) is 0 Å². The van der Waals surface area contributed by atoms with Crippen LogP contribution >= 0.6 is 0 Å². The van der Waals surface area contributed by atoms with E-state index in [1.54, 1.807) is 61.8 Å². The van der Waals surface area contributed by atoms with Crippen molar-refractivity contribution in [2.75, 3.05) is 40.6 Å². The number of fused-ring (bicyclic) bond motifs is 3. The Morgan fingerprint density at radius 1 is 1.02 bits per heavy atom. The van der Waals surface area contributed by atoms with E-state index in [0.29, 0.717) is 70.9 Å². The molecule has 3 aliphatic rings. The number of hydrogen-bond acceptors (Lipinski definition) is 12. The zero-order valence-electron chi connectivity index (χ0n) is 34.9. The van der Waals surface area contributed by atoms with Crippen LogP contribution in [0.5, 0.6) is 23.0 Å². The van der Waals surface area contributed by atoms with Crippen LogP contribution in [0.1, 0.15) is 73.7 Å². The van der Waals surface area contributed by atoms with Gasteiger partial charge in [-0.15, -0.1) is 6.58 Å². The monoisotopic (exact) mass is 853 g/mol. The average molecular weight is 854 g/mol. The van der Waals surface area contributed by atoms with Crippen molar-refractivity contribution >= 4 is 32.9 Å². The van der Waals surface area contributed by atoms with Crippen molar-refractivity contribution < 1.29 is 47.2 Å². The van der Waals surface area contributed by atoms with Crippen LogP contribution in [-0.4, -0.2) is 92.3 Å². The van der Waals surface area contributed by atoms with Crippen LogP contribution in [-0.2, 0) is 19.6 Å². The van der Waals surface area contributed by atoms with Crippen molar-refractivity contribution in [1.29, 1.82) is 0 Å². The molecule has 1 aliphatic heterocycles. The number of likely N-dealkylation sites (N-methyl/N-ethyl adjacent to an activating group) is 1. The van der Waals surface area contributed by atoms with Gasteiger partial charge < -0.3 is 34.0 Å². The summed E-state index contributed by atoms with van der Waals surface area (Å²) in [4.78, 5) is 22.3. The van der Waals surface area contributed by atoms with E-state index in [4.69, 9.17) is 28.9 Å². The minimum absolute atomic E-state index is 0.0115. The van der Waals surface area contributed by atoms with Crippen LogP contribution in [0.4, 0.5) is 0 Å². The van der Waals surface area contributed by atoms with Crippen molar-refractivity contribution in [1.82, 2.24) is 9.29 Å². The van der Waals surface area contributed by atoms with Gasteiger partial charge in [-0.2, -0.15) is 4.31 Å². The fraction of sp³-hybridized carbons (Fsp3) is 0.426. The van der Waals surface area contributed by atoms with E-state index in [2.05, 4.69) is 17.6 Å². The second kappa shape index (κ2) is 19.3. The van der Waals surface area contributed by atoms with Gasteiger partial charge in [-0.05, 0) is 98.5 Å². The highest BCUT2D eigenvalue weighted by Crippen LogP contribution is 2.62. The normalized spacial score (nSPS) is 23.7. The van der Waals surface area contributed by atoms with E-state index in [1.807, 2.05) is 31.2 Å². The Labute approximate surface area is 357 Å². The van der Waals surface area contributed by atoms with E-state index in [9.17, 15) is 15.0 Å². The Balaban J connectivity index is 1.45. The highest BCUT2D eigenvalue weighted by molar-refractivity contribution is 7.89. The molecule has 61 heavy (non-hydrogen) atoms. The summed E-state index contributed by atoms with van der Waals surface area (Å²) in [6.45, 7) is 6.29. The third kappa shape index (κ3) is 8.56. The second-order valence-electron chi connectivity index (χ2n) is 15.7. The Morgan fingerprint density at radius 3 is 2.51 bits per heavy atom. The molecule has 7 rings (SSSR count). The summed E-state index contributed by atoms with van der Waals surface area (Å²) in [6.07, 6.45) is 10.6. The minimum atomic E-state index is -4.27. The van der Waals surface area contributed by atoms with Crippen molar-refractivity contribution in [2.24, 2.45) is 22.9 Å². The first-order valence-corrected chi connectivity index (χ1v) is 22.4. The minimum Gasteiger partial charge on any atom is -0.496 e. The van der Waals surface area contributed by atoms with Crippen LogP contribution < -0.4 is 14.2 Å². The van der Waals surface area contributed by atoms with E-state index in [1.165, 1.54) is 11.4 Å². The topological polar surface area (TPSA) is 166 Å². The number of carbonyl (C=O) groups excluding carboxylic acids is 1. The lowest BCUT2D eigenvalue weighted by molar-refractivity contribution is -0.250. The zero-order valence-corrected chi connectivity index (χ0v) is 35.8. The molecule has 3 aromatic carbocycles. The molecule has 0 saturated heterocycles. The lowest BCUT2D eigenvalue weighted by Crippen LogP contribution is -2.69. The first-order chi connectivity index (χ1) is 29.6. The number of aliphatic hydroxyl groups is 2. The standard InChI is InChI=1S/C47H55N3O10S/c1-5-25-57-47-43(50(3)61(54,55)42-17-11-14-31-15-12-22-48-46(31)42)29-39(49-58-6-2)37-27-32(13-7-9-23-51)36(16-8-10-24-52)44(45(37)47)38-28-35(19-21-41(38)60-47)59-34-18-20-40(56-4)33(26-34)30-53/h5,11-12,14-15,17-22,26-28,30,32,36,43-45,51-52H,1,6-10,13,16,23-25,29H2,2-4H3. The lowest BCUT2D eigenvalue weighted by atomic mass is 9.55. The number of nitrogens with zero attached hydrogens (tertiary/aromatic N) is 3. The average Bonchev–Trinajstić information content (AvgIpc) is 3.28. The molecule has 0 amide bonds. The highest BCUT2D eigenvalue weighted by atomic mass is 32.2. The molecule has 2 aliphatic carbocycles. The molecule has 0 bridgehead atoms. The molecule has 0 radical (unpaired) electrons. The maximum atomic E-state index is 15.1. The predicted molar refractivity (Wildman–Crippen MR) is 232 cm³/mol. The maximum absolute atomic E-state index is 15.1. The number of hydrogen-bond donors (Lipinski definition) is 2. The third-order valence-electron chi connectivity index (χ3n) is 12.2. The Kier molecular flexibility index (Phi) is 13.9. The number of aldehydes is 1. The first-order valence-electron chi connectivity index (χ1n) is 21.0. The number of unbranched alkanes of at least 4 members (excludes halogenated alkanes) is 2. The molecule has 1 aromatic heterocycles. The molecule has 1 fully saturated rings. The molecule has 6 atom stereocenters. The number of allylic oxidation sites excluding steroid dienone is 1. The maximum Gasteiger partial charge on any atom is 0.245 e. The summed E-state index contributed by atoms with van der Waals surface area (Å²) in [6, 6.07) is 18.4. The fourth-order valence-corrected chi connectivity index (χ4v) is 11.1. The summed E-state index contributed by atoms with van der Waals surface area (Å²) in [7, 11) is -1.21. The van der Waals surface area contributed by atoms with Gasteiger partial charge in [-0.3, -0.25) is 9.78 Å². The Morgan fingerprint density at radius 2 is 1.77 bits per heavy atom. The summed E-state index contributed by atoms with van der Waals surface area (Å²) in [5.74, 6) is -0.677. The lowest BCUT2D eigenvalue weighted by Gasteiger charge is -2.59. The van der Waals surface area contributed by atoms with Gasteiger partial charge in [-0.25, -0.2) is 8.42 Å². The van der Waals surface area contributed by atoms with Gasteiger partial charge in [0.2, 0.25) is 15.8 Å². The van der Waals surface area contributed by atoms with E-state index in [-0.39, 0.29) is 48.9 Å². The number of aliphatic hydroxyl groups excluding tert-OH is 2. The molecule has 2 heterocycles. The highest BCUT2D eigenvalue weighted by Gasteiger charge is 2.65. The summed E-state index contributed by atoms with van der Waals surface area (Å²) < 4.78 is 57.4. The molecule has 4 aromatic rings. The van der Waals surface area contributed by atoms with E-state index >= 15 is 8.42 Å². The predicted octanol–water partition coefficient (Wildman–Crippen LogP) is 7.82. The summed E-state index contributed by atoms with van der Waals surface area (Å²) in [5.41, 5.74) is 2.98. The van der Waals surface area contributed by atoms with E-state index < -0.39 is 27.8 Å². The van der Waals surface area contributed by atoms with Gasteiger partial charge in [0, 0.05) is 49.7 Å². The number of oxime groups is 1. The van der Waals surface area contributed by atoms with Gasteiger partial charge in [0.25, 0.3) is 0 Å². The summed E-state index contributed by atoms with van der Waals surface area (Å²) in [5, 5.41) is 25.2. The quantitative estimate of drug-likeness (QED) is 0.0385. The molecule has 13 nitrogen and oxygen atoms in total. The molecular formula is C47H55N3O10S. The number of rotatable bonds is 20. The number of benzene rings is 3. The van der Waals surface area contributed by atoms with Crippen LogP contribution in [0.3, 0.4) is 0 Å². The molecule has 2 N–H and O–H groups in total. The van der Waals surface area contributed by atoms with Gasteiger partial charge >= 0.3 is 0 Å². The van der Waals surface area contributed by atoms with Crippen LogP contribution in [0.2, 0.25) is 0 Å². The number of methoxy groups -OCH3 is 1. The molecule has 324 valence electrons. The molecule has 6 unspecified atom stereocenters. The van der Waals surface area contributed by atoms with Gasteiger partial charge in [-0.1, -0.05) is 48.3 Å². The number of pyridine rings is 1. The third-order valence-corrected chi connectivity index (χ3v) is 14.1. The van der Waals surface area contributed by atoms with E-state index in [0.717, 1.165) is 36.8 Å². The number of para-hydroxylation sites is 1. The van der Waals surface area contributed by atoms with Crippen molar-refractivity contribution in [3.05, 3.63) is 108 Å².